The summed E-state index contributed by atoms with van der Waals surface area (Å²) in [7, 11) is 0. The lowest BCUT2D eigenvalue weighted by atomic mass is 10.1. The van der Waals surface area contributed by atoms with Crippen molar-refractivity contribution in [3.63, 3.8) is 0 Å². The Morgan fingerprint density at radius 2 is 1.88 bits per heavy atom. The Morgan fingerprint density at radius 1 is 1.19 bits per heavy atom. The van der Waals surface area contributed by atoms with Gasteiger partial charge in [0, 0.05) is 57.4 Å². The van der Waals surface area contributed by atoms with Gasteiger partial charge in [0.05, 0.1) is 5.69 Å². The zero-order valence-electron chi connectivity index (χ0n) is 15.4. The number of carbonyl (C=O) groups is 1. The number of halogens is 3. The molecule has 26 heavy (non-hydrogen) atoms. The van der Waals surface area contributed by atoms with Gasteiger partial charge in [-0.2, -0.15) is 0 Å². The molecule has 0 radical (unpaired) electrons. The molecule has 0 saturated carbocycles. The summed E-state index contributed by atoms with van der Waals surface area (Å²) in [5, 5.41) is 3.26. The van der Waals surface area contributed by atoms with Gasteiger partial charge in [-0.3, -0.25) is 4.79 Å². The van der Waals surface area contributed by atoms with E-state index in [1.165, 1.54) is 6.07 Å². The van der Waals surface area contributed by atoms with Crippen LogP contribution in [0.3, 0.4) is 0 Å². The van der Waals surface area contributed by atoms with E-state index in [-0.39, 0.29) is 42.6 Å². The molecule has 1 amide bonds. The smallest absolute Gasteiger partial charge is 0.254 e. The summed E-state index contributed by atoms with van der Waals surface area (Å²) in [5.74, 6) is -0.376. The molecular weight excluding hydrogens is 378 g/mol. The number of nitrogens with zero attached hydrogens (tertiary/aromatic N) is 3. The number of benzene rings is 1. The van der Waals surface area contributed by atoms with Gasteiger partial charge in [-0.25, -0.2) is 4.39 Å². The molecule has 1 atom stereocenters. The fourth-order valence-corrected chi connectivity index (χ4v) is 3.51. The number of carbonyl (C=O) groups excluding carboxylic acids is 1. The fourth-order valence-electron chi connectivity index (χ4n) is 3.51. The number of likely N-dealkylation sites (N-methyl/N-ethyl adjacent to an activating group) is 1. The first-order chi connectivity index (χ1) is 11.6. The van der Waals surface area contributed by atoms with Crippen molar-refractivity contribution >= 4 is 36.4 Å². The van der Waals surface area contributed by atoms with E-state index in [2.05, 4.69) is 22.0 Å². The molecule has 2 aliphatic heterocycles. The van der Waals surface area contributed by atoms with Crippen molar-refractivity contribution in [2.24, 2.45) is 0 Å². The van der Waals surface area contributed by atoms with Gasteiger partial charge in [-0.05, 0) is 31.7 Å². The van der Waals surface area contributed by atoms with E-state index in [1.54, 1.807) is 12.1 Å². The summed E-state index contributed by atoms with van der Waals surface area (Å²) < 4.78 is 14.6. The van der Waals surface area contributed by atoms with Gasteiger partial charge in [0.25, 0.3) is 5.91 Å². The van der Waals surface area contributed by atoms with Crippen LogP contribution in [0.25, 0.3) is 0 Å². The van der Waals surface area contributed by atoms with Crippen LogP contribution < -0.4 is 10.2 Å². The summed E-state index contributed by atoms with van der Waals surface area (Å²) in [6.45, 7) is 11.0. The number of hydrogen-bond acceptors (Lipinski definition) is 4. The molecule has 0 aliphatic carbocycles. The molecule has 2 aliphatic rings. The molecule has 1 aromatic rings. The highest BCUT2D eigenvalue weighted by atomic mass is 35.5. The lowest BCUT2D eigenvalue weighted by molar-refractivity contribution is 0.0655. The van der Waals surface area contributed by atoms with Crippen molar-refractivity contribution < 1.29 is 9.18 Å². The number of piperazine rings is 2. The average Bonchev–Trinajstić information content (AvgIpc) is 2.61. The average molecular weight is 407 g/mol. The SMILES string of the molecule is CCN1CCN(c2ccc(C(=O)N3CCNC[C@@H]3C)cc2F)CC1.Cl.Cl. The maximum absolute atomic E-state index is 14.6. The van der Waals surface area contributed by atoms with Gasteiger partial charge in [-0.1, -0.05) is 6.92 Å². The Labute approximate surface area is 167 Å². The minimum atomic E-state index is -0.298. The maximum atomic E-state index is 14.6. The van der Waals surface area contributed by atoms with Crippen molar-refractivity contribution in [2.75, 3.05) is 57.3 Å². The van der Waals surface area contributed by atoms with Gasteiger partial charge >= 0.3 is 0 Å². The third kappa shape index (κ3) is 5.00. The summed E-state index contributed by atoms with van der Waals surface area (Å²) >= 11 is 0. The second kappa shape index (κ2) is 10.3. The van der Waals surface area contributed by atoms with E-state index >= 15 is 0 Å². The van der Waals surface area contributed by atoms with Crippen molar-refractivity contribution in [3.05, 3.63) is 29.6 Å². The summed E-state index contributed by atoms with van der Waals surface area (Å²) in [6, 6.07) is 5.06. The van der Waals surface area contributed by atoms with Crippen LogP contribution in [0.2, 0.25) is 0 Å². The molecule has 0 aromatic heterocycles. The first kappa shape index (κ1) is 23.0. The molecule has 2 fully saturated rings. The largest absolute Gasteiger partial charge is 0.367 e. The van der Waals surface area contributed by atoms with Crippen LogP contribution in [-0.4, -0.2) is 74.1 Å². The highest BCUT2D eigenvalue weighted by molar-refractivity contribution is 5.95. The quantitative estimate of drug-likeness (QED) is 0.835. The van der Waals surface area contributed by atoms with E-state index in [1.807, 2.05) is 11.8 Å². The minimum absolute atomic E-state index is 0. The first-order valence-electron chi connectivity index (χ1n) is 8.88. The Hall–Kier alpha value is -1.08. The van der Waals surface area contributed by atoms with E-state index in [0.717, 1.165) is 45.8 Å². The first-order valence-corrected chi connectivity index (χ1v) is 8.88. The Bertz CT molecular complexity index is 597. The van der Waals surface area contributed by atoms with E-state index in [9.17, 15) is 9.18 Å². The second-order valence-corrected chi connectivity index (χ2v) is 6.64. The van der Waals surface area contributed by atoms with E-state index in [0.29, 0.717) is 17.8 Å². The third-order valence-corrected chi connectivity index (χ3v) is 5.12. The van der Waals surface area contributed by atoms with E-state index < -0.39 is 0 Å². The van der Waals surface area contributed by atoms with Gasteiger partial charge < -0.3 is 20.0 Å². The van der Waals surface area contributed by atoms with Crippen LogP contribution >= 0.6 is 24.8 Å². The standard InChI is InChI=1S/C18H27FN4O.2ClH/c1-3-21-8-10-22(11-9-21)17-5-4-15(12-16(17)19)18(24)23-7-6-20-13-14(23)2;;/h4-5,12,14,20H,3,6-11,13H2,1-2H3;2*1H/t14-;;/m0../s1. The number of rotatable bonds is 3. The molecule has 0 spiro atoms. The molecule has 1 N–H and O–H groups in total. The van der Waals surface area contributed by atoms with Crippen LogP contribution in [0, 0.1) is 5.82 Å². The van der Waals surface area contributed by atoms with Crippen LogP contribution in [0.15, 0.2) is 18.2 Å². The number of nitrogens with one attached hydrogen (secondary N) is 1. The minimum Gasteiger partial charge on any atom is -0.367 e. The highest BCUT2D eigenvalue weighted by Gasteiger charge is 2.25. The molecule has 5 nitrogen and oxygen atoms in total. The molecule has 2 heterocycles. The van der Waals surface area contributed by atoms with Gasteiger partial charge in [0.2, 0.25) is 0 Å². The molecule has 3 rings (SSSR count). The Balaban J connectivity index is 0.00000169. The summed E-state index contributed by atoms with van der Waals surface area (Å²) in [4.78, 5) is 18.9. The lowest BCUT2D eigenvalue weighted by Crippen LogP contribution is -2.52. The van der Waals surface area contributed by atoms with Crippen molar-refractivity contribution in [2.45, 2.75) is 19.9 Å². The van der Waals surface area contributed by atoms with Crippen molar-refractivity contribution in [3.8, 4) is 0 Å². The van der Waals surface area contributed by atoms with Gasteiger partial charge in [0.1, 0.15) is 5.82 Å². The summed E-state index contributed by atoms with van der Waals surface area (Å²) in [6.07, 6.45) is 0. The molecule has 2 saturated heterocycles. The zero-order chi connectivity index (χ0) is 17.1. The van der Waals surface area contributed by atoms with Crippen LogP contribution in [0.5, 0.6) is 0 Å². The third-order valence-electron chi connectivity index (χ3n) is 5.12. The number of anilines is 1. The maximum Gasteiger partial charge on any atom is 0.254 e. The van der Waals surface area contributed by atoms with E-state index in [4.69, 9.17) is 0 Å². The predicted molar refractivity (Wildman–Crippen MR) is 109 cm³/mol. The molecule has 0 bridgehead atoms. The Morgan fingerprint density at radius 3 is 2.46 bits per heavy atom. The Kier molecular flexibility index (Phi) is 9.10. The molecular formula is C18H29Cl2FN4O. The zero-order valence-corrected chi connectivity index (χ0v) is 17.0. The van der Waals surface area contributed by atoms with Crippen LogP contribution in [0.1, 0.15) is 24.2 Å². The van der Waals surface area contributed by atoms with Gasteiger partial charge in [-0.15, -0.1) is 24.8 Å². The summed E-state index contributed by atoms with van der Waals surface area (Å²) in [5.41, 5.74) is 1.05. The lowest BCUT2D eigenvalue weighted by Gasteiger charge is -2.36. The number of amides is 1. The number of hydrogen-bond donors (Lipinski definition) is 1. The van der Waals surface area contributed by atoms with Crippen molar-refractivity contribution in [1.82, 2.24) is 15.1 Å². The second-order valence-electron chi connectivity index (χ2n) is 6.64. The van der Waals surface area contributed by atoms with Gasteiger partial charge in [0.15, 0.2) is 0 Å². The fraction of sp³-hybridized carbons (Fsp3) is 0.611. The normalized spacial score (nSPS) is 21.0. The predicted octanol–water partition coefficient (Wildman–Crippen LogP) is 2.25. The molecule has 148 valence electrons. The topological polar surface area (TPSA) is 38.8 Å². The van der Waals surface area contributed by atoms with Crippen molar-refractivity contribution in [1.29, 1.82) is 0 Å². The van der Waals surface area contributed by atoms with Crippen LogP contribution in [-0.2, 0) is 0 Å². The molecule has 0 unspecified atom stereocenters. The van der Waals surface area contributed by atoms with Crippen LogP contribution in [0.4, 0.5) is 10.1 Å². The molecule has 1 aromatic carbocycles. The molecule has 8 heteroatoms. The monoisotopic (exact) mass is 406 g/mol. The highest BCUT2D eigenvalue weighted by Crippen LogP contribution is 2.23.